The van der Waals surface area contributed by atoms with Crippen LogP contribution in [0.25, 0.3) is 0 Å². The summed E-state index contributed by atoms with van der Waals surface area (Å²) in [6, 6.07) is -1.68. The summed E-state index contributed by atoms with van der Waals surface area (Å²) < 4.78 is 31.4. The highest BCUT2D eigenvalue weighted by Crippen LogP contribution is 2.42. The third kappa shape index (κ3) is 14.5. The van der Waals surface area contributed by atoms with Crippen molar-refractivity contribution in [3.8, 4) is 0 Å². The summed E-state index contributed by atoms with van der Waals surface area (Å²) in [5.74, 6) is -2.36. The van der Waals surface area contributed by atoms with Gasteiger partial charge in [0.1, 0.15) is 12.1 Å². The van der Waals surface area contributed by atoms with Crippen molar-refractivity contribution in [3.63, 3.8) is 0 Å². The maximum atomic E-state index is 12.4. The van der Waals surface area contributed by atoms with Crippen LogP contribution in [0.15, 0.2) is 24.4 Å². The van der Waals surface area contributed by atoms with Crippen LogP contribution in [0.5, 0.6) is 0 Å². The standard InChI is InChI=1S/C23H40N4O7S3/c1-8-10-17(9-2)27-22(31)16(5)26-21(30)15(4)25-19(28)11-12-23(6,7)36-35-14(3)13-18(20(24)29)37(32,33)34/h9-10,14-16,18H,2,8,11-13H2,1,3-7H3,(H2,24,29)(H,25,28)(H,26,30)(H,27,31)(H,32,33,34)/b17-10+/t14?,15-,16-,18?/m0/s1. The molecule has 0 aromatic rings. The van der Waals surface area contributed by atoms with Gasteiger partial charge < -0.3 is 21.7 Å². The topological polar surface area (TPSA) is 185 Å². The van der Waals surface area contributed by atoms with Crippen LogP contribution in [-0.2, 0) is 29.3 Å². The maximum Gasteiger partial charge on any atom is 0.276 e. The zero-order valence-corrected chi connectivity index (χ0v) is 24.6. The molecule has 0 heterocycles. The van der Waals surface area contributed by atoms with Gasteiger partial charge in [-0.2, -0.15) is 8.42 Å². The third-order valence-electron chi connectivity index (χ3n) is 5.05. The molecule has 0 fully saturated rings. The van der Waals surface area contributed by atoms with Crippen molar-refractivity contribution >= 4 is 55.3 Å². The van der Waals surface area contributed by atoms with Gasteiger partial charge in [0.15, 0.2) is 5.25 Å². The Bertz CT molecular complexity index is 967. The number of allylic oxidation sites excluding steroid dienone is 2. The van der Waals surface area contributed by atoms with Crippen molar-refractivity contribution in [1.82, 2.24) is 16.0 Å². The van der Waals surface area contributed by atoms with Crippen LogP contribution < -0.4 is 21.7 Å². The molecule has 212 valence electrons. The number of carbonyl (C=O) groups excluding carboxylic acids is 4. The van der Waals surface area contributed by atoms with Crippen LogP contribution in [-0.4, -0.2) is 63.9 Å². The van der Waals surface area contributed by atoms with Gasteiger partial charge in [-0.1, -0.05) is 48.1 Å². The van der Waals surface area contributed by atoms with E-state index in [4.69, 9.17) is 5.73 Å². The van der Waals surface area contributed by atoms with E-state index in [0.29, 0.717) is 18.5 Å². The second-order valence-electron chi connectivity index (χ2n) is 9.17. The molecule has 0 radical (unpaired) electrons. The van der Waals surface area contributed by atoms with Gasteiger partial charge in [-0.25, -0.2) is 0 Å². The molecule has 0 aliphatic heterocycles. The second kappa shape index (κ2) is 16.0. The largest absolute Gasteiger partial charge is 0.368 e. The molecular weight excluding hydrogens is 540 g/mol. The quantitative estimate of drug-likeness (QED) is 0.0975. The van der Waals surface area contributed by atoms with Crippen molar-refractivity contribution in [1.29, 1.82) is 0 Å². The maximum absolute atomic E-state index is 12.4. The minimum Gasteiger partial charge on any atom is -0.368 e. The molecule has 0 aliphatic rings. The van der Waals surface area contributed by atoms with E-state index in [2.05, 4.69) is 22.5 Å². The zero-order valence-electron chi connectivity index (χ0n) is 22.2. The third-order valence-corrected chi connectivity index (χ3v) is 10.1. The number of nitrogens with one attached hydrogen (secondary N) is 3. The van der Waals surface area contributed by atoms with Gasteiger partial charge in [0, 0.05) is 22.1 Å². The monoisotopic (exact) mass is 580 g/mol. The van der Waals surface area contributed by atoms with Crippen LogP contribution >= 0.6 is 21.6 Å². The summed E-state index contributed by atoms with van der Waals surface area (Å²) in [5, 5.41) is 5.85. The van der Waals surface area contributed by atoms with E-state index in [9.17, 15) is 32.1 Å². The molecule has 0 saturated carbocycles. The molecule has 11 nitrogen and oxygen atoms in total. The molecule has 0 saturated heterocycles. The van der Waals surface area contributed by atoms with Crippen molar-refractivity contribution in [2.24, 2.45) is 5.73 Å². The molecule has 0 aromatic heterocycles. The molecule has 0 spiro atoms. The summed E-state index contributed by atoms with van der Waals surface area (Å²) in [7, 11) is -1.85. The van der Waals surface area contributed by atoms with Gasteiger partial charge >= 0.3 is 0 Å². The predicted molar refractivity (Wildman–Crippen MR) is 149 cm³/mol. The lowest BCUT2D eigenvalue weighted by Gasteiger charge is -2.25. The molecule has 2 unspecified atom stereocenters. The first-order valence-electron chi connectivity index (χ1n) is 11.8. The van der Waals surface area contributed by atoms with Gasteiger partial charge in [0.2, 0.25) is 23.6 Å². The molecular formula is C23H40N4O7S3. The highest BCUT2D eigenvalue weighted by Gasteiger charge is 2.32. The highest BCUT2D eigenvalue weighted by atomic mass is 33.1. The van der Waals surface area contributed by atoms with Crippen molar-refractivity contribution < 1.29 is 32.1 Å². The Morgan fingerprint density at radius 3 is 2.14 bits per heavy atom. The van der Waals surface area contributed by atoms with Crippen LogP contribution in [0.2, 0.25) is 0 Å². The fourth-order valence-electron chi connectivity index (χ4n) is 2.83. The summed E-state index contributed by atoms with van der Waals surface area (Å²) in [6.07, 6.45) is 4.44. The van der Waals surface area contributed by atoms with Gasteiger partial charge in [-0.3, -0.25) is 23.7 Å². The average molecular weight is 581 g/mol. The molecule has 6 N–H and O–H groups in total. The Morgan fingerprint density at radius 2 is 1.65 bits per heavy atom. The van der Waals surface area contributed by atoms with E-state index >= 15 is 0 Å². The zero-order chi connectivity index (χ0) is 29.0. The summed E-state index contributed by atoms with van der Waals surface area (Å²) in [5.41, 5.74) is 5.63. The van der Waals surface area contributed by atoms with Crippen molar-refractivity contribution in [2.45, 2.75) is 94.6 Å². The highest BCUT2D eigenvalue weighted by molar-refractivity contribution is 8.77. The Kier molecular flexibility index (Phi) is 15.2. The minimum absolute atomic E-state index is 0.127. The Labute approximate surface area is 227 Å². The molecule has 14 heteroatoms. The lowest BCUT2D eigenvalue weighted by Crippen LogP contribution is -2.51. The number of nitrogens with two attached hydrogens (primary N) is 1. The number of hydrogen-bond donors (Lipinski definition) is 5. The summed E-state index contributed by atoms with van der Waals surface area (Å²) in [6.45, 7) is 14.1. The molecule has 0 rings (SSSR count). The fourth-order valence-corrected chi connectivity index (χ4v) is 6.42. The normalized spacial score (nSPS) is 15.6. The Morgan fingerprint density at radius 1 is 1.08 bits per heavy atom. The Hall–Kier alpha value is -2.03. The number of primary amides is 1. The molecule has 37 heavy (non-hydrogen) atoms. The second-order valence-corrected chi connectivity index (χ2v) is 14.1. The lowest BCUT2D eigenvalue weighted by molar-refractivity contribution is -0.131. The predicted octanol–water partition coefficient (Wildman–Crippen LogP) is 2.05. The SMILES string of the molecule is C=C/C(=C\CC)NC(=O)[C@H](C)NC(=O)[C@H](C)NC(=O)CCC(C)(C)SSC(C)CC(C(N)=O)S(=O)(=O)O. The molecule has 0 bridgehead atoms. The average Bonchev–Trinajstić information content (AvgIpc) is 2.78. The van der Waals surface area contributed by atoms with E-state index in [1.807, 2.05) is 20.8 Å². The van der Waals surface area contributed by atoms with E-state index < -0.39 is 49.9 Å². The summed E-state index contributed by atoms with van der Waals surface area (Å²) >= 11 is 0. The van der Waals surface area contributed by atoms with Crippen molar-refractivity contribution in [3.05, 3.63) is 24.4 Å². The van der Waals surface area contributed by atoms with Gasteiger partial charge in [0.25, 0.3) is 10.1 Å². The fraction of sp³-hybridized carbons (Fsp3) is 0.652. The first-order chi connectivity index (χ1) is 16.9. The van der Waals surface area contributed by atoms with E-state index in [1.54, 1.807) is 13.0 Å². The molecule has 0 aliphatic carbocycles. The van der Waals surface area contributed by atoms with E-state index in [-0.39, 0.29) is 24.0 Å². The smallest absolute Gasteiger partial charge is 0.276 e. The molecule has 4 atom stereocenters. The first-order valence-corrected chi connectivity index (χ1v) is 15.5. The molecule has 4 amide bonds. The van der Waals surface area contributed by atoms with Gasteiger partial charge in [-0.15, -0.1) is 0 Å². The number of carbonyl (C=O) groups is 4. The van der Waals surface area contributed by atoms with Gasteiger partial charge in [-0.05, 0) is 53.0 Å². The van der Waals surface area contributed by atoms with Crippen LogP contribution in [0, 0.1) is 0 Å². The lowest BCUT2D eigenvalue weighted by atomic mass is 10.1. The van der Waals surface area contributed by atoms with E-state index in [1.165, 1.54) is 41.5 Å². The van der Waals surface area contributed by atoms with Crippen LogP contribution in [0.1, 0.15) is 67.2 Å². The Balaban J connectivity index is 4.66. The van der Waals surface area contributed by atoms with Crippen LogP contribution in [0.3, 0.4) is 0 Å². The van der Waals surface area contributed by atoms with Gasteiger partial charge in [0.05, 0.1) is 0 Å². The van der Waals surface area contributed by atoms with Crippen LogP contribution in [0.4, 0.5) is 0 Å². The number of amides is 4. The van der Waals surface area contributed by atoms with E-state index in [0.717, 1.165) is 0 Å². The summed E-state index contributed by atoms with van der Waals surface area (Å²) in [4.78, 5) is 48.4. The minimum atomic E-state index is -4.59. The molecule has 0 aromatic carbocycles. The first kappa shape index (κ1) is 35.0. The van der Waals surface area contributed by atoms with Crippen molar-refractivity contribution in [2.75, 3.05) is 0 Å². The number of rotatable bonds is 17. The number of hydrogen-bond acceptors (Lipinski definition) is 8.